The van der Waals surface area contributed by atoms with Gasteiger partial charge in [0.2, 0.25) is 0 Å². The SMILES string of the molecule is CC(C(=O)C=O)C(C=O)CC=O. The third-order valence-electron chi connectivity index (χ3n) is 1.75. The van der Waals surface area contributed by atoms with Crippen molar-refractivity contribution in [2.75, 3.05) is 0 Å². The fraction of sp³-hybridized carbons (Fsp3) is 0.500. The molecule has 0 aliphatic rings. The van der Waals surface area contributed by atoms with Gasteiger partial charge in [0.25, 0.3) is 0 Å². The maximum atomic E-state index is 10.7. The second kappa shape index (κ2) is 5.35. The first-order valence-electron chi connectivity index (χ1n) is 3.55. The minimum Gasteiger partial charge on any atom is -0.303 e. The number of aldehydes is 3. The third-order valence-corrected chi connectivity index (χ3v) is 1.75. The van der Waals surface area contributed by atoms with Crippen LogP contribution in [0.5, 0.6) is 0 Å². The molecule has 2 atom stereocenters. The van der Waals surface area contributed by atoms with Crippen molar-refractivity contribution in [3.05, 3.63) is 0 Å². The molecule has 0 saturated carbocycles. The normalized spacial score (nSPS) is 14.4. The fourth-order valence-electron chi connectivity index (χ4n) is 0.807. The van der Waals surface area contributed by atoms with Crippen LogP contribution in [0.4, 0.5) is 0 Å². The van der Waals surface area contributed by atoms with E-state index in [1.54, 1.807) is 0 Å². The van der Waals surface area contributed by atoms with Crippen LogP contribution in [0.15, 0.2) is 0 Å². The van der Waals surface area contributed by atoms with Crippen molar-refractivity contribution < 1.29 is 19.2 Å². The Kier molecular flexibility index (Phi) is 4.76. The summed E-state index contributed by atoms with van der Waals surface area (Å²) in [4.78, 5) is 41.1. The van der Waals surface area contributed by atoms with Gasteiger partial charge in [-0.2, -0.15) is 0 Å². The van der Waals surface area contributed by atoms with Crippen molar-refractivity contribution in [2.24, 2.45) is 11.8 Å². The summed E-state index contributed by atoms with van der Waals surface area (Å²) >= 11 is 0. The highest BCUT2D eigenvalue weighted by Crippen LogP contribution is 2.12. The van der Waals surface area contributed by atoms with Gasteiger partial charge in [-0.3, -0.25) is 9.59 Å². The van der Waals surface area contributed by atoms with E-state index in [4.69, 9.17) is 0 Å². The Morgan fingerprint density at radius 3 is 2.25 bits per heavy atom. The van der Waals surface area contributed by atoms with Crippen molar-refractivity contribution in [1.29, 1.82) is 0 Å². The number of hydrogen-bond donors (Lipinski definition) is 0. The standard InChI is InChI=1S/C8H10O4/c1-6(8(12)5-11)7(4-10)2-3-9/h3-7H,2H2,1H3. The van der Waals surface area contributed by atoms with Crippen LogP contribution >= 0.6 is 0 Å². The molecule has 0 aromatic carbocycles. The first-order valence-corrected chi connectivity index (χ1v) is 3.55. The third kappa shape index (κ3) is 2.74. The molecule has 66 valence electrons. The summed E-state index contributed by atoms with van der Waals surface area (Å²) in [7, 11) is 0. The van der Waals surface area contributed by atoms with Crippen molar-refractivity contribution in [3.63, 3.8) is 0 Å². The van der Waals surface area contributed by atoms with Gasteiger partial charge in [0.05, 0.1) is 0 Å². The Morgan fingerprint density at radius 2 is 1.92 bits per heavy atom. The molecular weight excluding hydrogens is 160 g/mol. The topological polar surface area (TPSA) is 68.3 Å². The summed E-state index contributed by atoms with van der Waals surface area (Å²) in [5.41, 5.74) is 0. The number of ketones is 1. The van der Waals surface area contributed by atoms with E-state index < -0.39 is 17.6 Å². The van der Waals surface area contributed by atoms with E-state index in [0.29, 0.717) is 12.6 Å². The molecule has 0 N–H and O–H groups in total. The number of hydrogen-bond acceptors (Lipinski definition) is 4. The Labute approximate surface area is 69.9 Å². The molecule has 0 saturated heterocycles. The molecule has 0 amide bonds. The second-order valence-electron chi connectivity index (χ2n) is 2.51. The first kappa shape index (κ1) is 10.7. The van der Waals surface area contributed by atoms with Gasteiger partial charge in [-0.05, 0) is 0 Å². The van der Waals surface area contributed by atoms with Crippen LogP contribution in [0, 0.1) is 11.8 Å². The molecule has 0 fully saturated rings. The van der Waals surface area contributed by atoms with E-state index in [1.165, 1.54) is 6.92 Å². The van der Waals surface area contributed by atoms with Crippen LogP contribution in [-0.4, -0.2) is 24.6 Å². The minimum absolute atomic E-state index is 0.00968. The van der Waals surface area contributed by atoms with Crippen LogP contribution in [0.2, 0.25) is 0 Å². The molecule has 0 rings (SSSR count). The summed E-state index contributed by atoms with van der Waals surface area (Å²) < 4.78 is 0. The zero-order valence-corrected chi connectivity index (χ0v) is 6.73. The molecule has 0 spiro atoms. The van der Waals surface area contributed by atoms with Crippen molar-refractivity contribution in [1.82, 2.24) is 0 Å². The van der Waals surface area contributed by atoms with Crippen LogP contribution < -0.4 is 0 Å². The molecule has 0 radical (unpaired) electrons. The Balaban J connectivity index is 4.28. The summed E-state index contributed by atoms with van der Waals surface area (Å²) in [5, 5.41) is 0. The highest BCUT2D eigenvalue weighted by atomic mass is 16.2. The predicted molar refractivity (Wildman–Crippen MR) is 40.5 cm³/mol. The number of carbonyl (C=O) groups is 4. The lowest BCUT2D eigenvalue weighted by Gasteiger charge is -2.10. The van der Waals surface area contributed by atoms with Crippen LogP contribution in [0.25, 0.3) is 0 Å². The maximum absolute atomic E-state index is 10.7. The summed E-state index contributed by atoms with van der Waals surface area (Å²) in [5.74, 6) is -2.00. The van der Waals surface area contributed by atoms with Gasteiger partial charge in [-0.1, -0.05) is 6.92 Å². The lowest BCUT2D eigenvalue weighted by Crippen LogP contribution is -2.23. The lowest BCUT2D eigenvalue weighted by molar-refractivity contribution is -0.134. The Bertz CT molecular complexity index is 197. The van der Waals surface area contributed by atoms with Crippen LogP contribution in [-0.2, 0) is 19.2 Å². The molecular formula is C8H10O4. The van der Waals surface area contributed by atoms with E-state index >= 15 is 0 Å². The van der Waals surface area contributed by atoms with Crippen molar-refractivity contribution in [2.45, 2.75) is 13.3 Å². The first-order chi connectivity index (χ1) is 5.67. The smallest absolute Gasteiger partial charge is 0.198 e. The Hall–Kier alpha value is -1.32. The minimum atomic E-state index is -0.690. The second-order valence-corrected chi connectivity index (χ2v) is 2.51. The number of carbonyl (C=O) groups excluding carboxylic acids is 4. The average Bonchev–Trinajstić information content (AvgIpc) is 2.11. The molecule has 0 aromatic rings. The van der Waals surface area contributed by atoms with Gasteiger partial charge in [0.15, 0.2) is 12.1 Å². The molecule has 4 nitrogen and oxygen atoms in total. The predicted octanol–water partition coefficient (Wildman–Crippen LogP) is -0.205. The highest BCUT2D eigenvalue weighted by molar-refractivity contribution is 6.26. The number of rotatable bonds is 6. The molecule has 0 aliphatic carbocycles. The van der Waals surface area contributed by atoms with E-state index in [1.807, 2.05) is 0 Å². The molecule has 0 heterocycles. The van der Waals surface area contributed by atoms with E-state index in [-0.39, 0.29) is 12.7 Å². The largest absolute Gasteiger partial charge is 0.303 e. The van der Waals surface area contributed by atoms with Crippen molar-refractivity contribution >= 4 is 24.6 Å². The van der Waals surface area contributed by atoms with Gasteiger partial charge >= 0.3 is 0 Å². The number of Topliss-reactive ketones (excluding diaryl/α,β-unsaturated/α-hetero) is 1. The van der Waals surface area contributed by atoms with E-state index in [2.05, 4.69) is 0 Å². The molecule has 12 heavy (non-hydrogen) atoms. The molecule has 0 bridgehead atoms. The highest BCUT2D eigenvalue weighted by Gasteiger charge is 2.22. The van der Waals surface area contributed by atoms with Gasteiger partial charge in [-0.25, -0.2) is 0 Å². The summed E-state index contributed by atoms with van der Waals surface area (Å²) in [6.07, 6.45) is 1.25. The Morgan fingerprint density at radius 1 is 1.33 bits per heavy atom. The molecule has 4 heteroatoms. The molecule has 0 aromatic heterocycles. The van der Waals surface area contributed by atoms with Crippen LogP contribution in [0.1, 0.15) is 13.3 Å². The maximum Gasteiger partial charge on any atom is 0.198 e. The zero-order valence-electron chi connectivity index (χ0n) is 6.73. The van der Waals surface area contributed by atoms with Gasteiger partial charge in [0.1, 0.15) is 12.6 Å². The van der Waals surface area contributed by atoms with E-state index in [0.717, 1.165) is 0 Å². The quantitative estimate of drug-likeness (QED) is 0.408. The van der Waals surface area contributed by atoms with Crippen LogP contribution in [0.3, 0.4) is 0 Å². The molecule has 2 unspecified atom stereocenters. The van der Waals surface area contributed by atoms with Gasteiger partial charge < -0.3 is 9.59 Å². The van der Waals surface area contributed by atoms with E-state index in [9.17, 15) is 19.2 Å². The molecule has 0 aliphatic heterocycles. The van der Waals surface area contributed by atoms with Crippen molar-refractivity contribution in [3.8, 4) is 0 Å². The summed E-state index contributed by atoms with van der Waals surface area (Å²) in [6.45, 7) is 1.46. The zero-order chi connectivity index (χ0) is 9.56. The fourth-order valence-corrected chi connectivity index (χ4v) is 0.807. The van der Waals surface area contributed by atoms with Gasteiger partial charge in [-0.15, -0.1) is 0 Å². The lowest BCUT2D eigenvalue weighted by atomic mass is 9.90. The van der Waals surface area contributed by atoms with Gasteiger partial charge in [0, 0.05) is 18.3 Å². The summed E-state index contributed by atoms with van der Waals surface area (Å²) in [6, 6.07) is 0. The monoisotopic (exact) mass is 170 g/mol. The average molecular weight is 170 g/mol.